The number of benzene rings is 1. The van der Waals surface area contributed by atoms with Crippen molar-refractivity contribution in [3.63, 3.8) is 0 Å². The van der Waals surface area contributed by atoms with Crippen molar-refractivity contribution in [3.05, 3.63) is 47.9 Å². The van der Waals surface area contributed by atoms with Crippen LogP contribution in [0.5, 0.6) is 5.75 Å². The first-order chi connectivity index (χ1) is 10.1. The summed E-state index contributed by atoms with van der Waals surface area (Å²) in [4.78, 5) is 13.6. The molecule has 0 spiro atoms. The van der Waals surface area contributed by atoms with E-state index in [1.165, 1.54) is 0 Å². The Bertz CT molecular complexity index is 590. The number of anilines is 1. The molecule has 1 heterocycles. The molecule has 21 heavy (non-hydrogen) atoms. The second-order valence-electron chi connectivity index (χ2n) is 4.83. The van der Waals surface area contributed by atoms with E-state index in [4.69, 9.17) is 9.15 Å². The number of nitrogens with one attached hydrogen (secondary N) is 1. The maximum absolute atomic E-state index is 12.0. The molecule has 1 aromatic heterocycles. The van der Waals surface area contributed by atoms with Gasteiger partial charge in [0.15, 0.2) is 6.61 Å². The number of likely N-dealkylation sites (N-methyl/N-ethyl adjacent to an activating group) is 1. The van der Waals surface area contributed by atoms with E-state index >= 15 is 0 Å². The molecule has 112 valence electrons. The van der Waals surface area contributed by atoms with E-state index < -0.39 is 0 Å². The Hall–Kier alpha value is -2.43. The van der Waals surface area contributed by atoms with Crippen LogP contribution in [0, 0.1) is 6.92 Å². The second-order valence-corrected chi connectivity index (χ2v) is 4.83. The summed E-state index contributed by atoms with van der Waals surface area (Å²) >= 11 is 0. The molecule has 0 aliphatic heterocycles. The number of carbonyl (C=O) groups is 1. The number of hydrogen-bond acceptors (Lipinski definition) is 4. The van der Waals surface area contributed by atoms with Crippen LogP contribution >= 0.6 is 0 Å². The molecule has 0 atom stereocenters. The number of ether oxygens (including phenoxy) is 1. The highest BCUT2D eigenvalue weighted by molar-refractivity contribution is 5.77. The third-order valence-electron chi connectivity index (χ3n) is 3.12. The number of aryl methyl sites for hydroxylation is 1. The molecule has 0 aliphatic carbocycles. The van der Waals surface area contributed by atoms with Crippen molar-refractivity contribution in [2.75, 3.05) is 26.0 Å². The smallest absolute Gasteiger partial charge is 0.260 e. The number of furan rings is 1. The Morgan fingerprint density at radius 3 is 2.52 bits per heavy atom. The normalized spacial score (nSPS) is 10.2. The second kappa shape index (κ2) is 6.83. The topological polar surface area (TPSA) is 54.7 Å². The fourth-order valence-electron chi connectivity index (χ4n) is 1.87. The van der Waals surface area contributed by atoms with Gasteiger partial charge < -0.3 is 19.4 Å². The van der Waals surface area contributed by atoms with Crippen LogP contribution < -0.4 is 10.1 Å². The molecule has 0 unspecified atom stereocenters. The van der Waals surface area contributed by atoms with Gasteiger partial charge in [-0.2, -0.15) is 0 Å². The van der Waals surface area contributed by atoms with Crippen LogP contribution in [0.25, 0.3) is 0 Å². The van der Waals surface area contributed by atoms with Crippen LogP contribution in [-0.2, 0) is 11.3 Å². The van der Waals surface area contributed by atoms with E-state index in [1.807, 2.05) is 50.4 Å². The maximum atomic E-state index is 12.0. The Morgan fingerprint density at radius 1 is 1.24 bits per heavy atom. The van der Waals surface area contributed by atoms with E-state index in [1.54, 1.807) is 11.9 Å². The first-order valence-corrected chi connectivity index (χ1v) is 6.78. The minimum atomic E-state index is -0.0956. The van der Waals surface area contributed by atoms with Gasteiger partial charge in [0.25, 0.3) is 5.91 Å². The van der Waals surface area contributed by atoms with Gasteiger partial charge in [-0.25, -0.2) is 0 Å². The first-order valence-electron chi connectivity index (χ1n) is 6.78. The molecular weight excluding hydrogens is 268 g/mol. The van der Waals surface area contributed by atoms with Crippen molar-refractivity contribution in [2.24, 2.45) is 0 Å². The summed E-state index contributed by atoms with van der Waals surface area (Å²) < 4.78 is 10.9. The zero-order valence-electron chi connectivity index (χ0n) is 12.6. The highest BCUT2D eigenvalue weighted by atomic mass is 16.5. The van der Waals surface area contributed by atoms with Crippen molar-refractivity contribution in [3.8, 4) is 5.75 Å². The van der Waals surface area contributed by atoms with Crippen molar-refractivity contribution in [1.29, 1.82) is 0 Å². The third kappa shape index (κ3) is 4.27. The van der Waals surface area contributed by atoms with E-state index in [2.05, 4.69) is 5.32 Å². The van der Waals surface area contributed by atoms with Crippen LogP contribution in [-0.4, -0.2) is 31.5 Å². The standard InChI is InChI=1S/C16H20N2O3/c1-12-4-7-15(21-12)10-18(3)16(19)11-20-14-8-5-13(17-2)6-9-14/h4-9,17H,10-11H2,1-3H3. The van der Waals surface area contributed by atoms with Gasteiger partial charge in [0.2, 0.25) is 0 Å². The van der Waals surface area contributed by atoms with Crippen molar-refractivity contribution in [2.45, 2.75) is 13.5 Å². The Kier molecular flexibility index (Phi) is 4.87. The first kappa shape index (κ1) is 15.0. The van der Waals surface area contributed by atoms with E-state index in [0.717, 1.165) is 17.2 Å². The van der Waals surface area contributed by atoms with Gasteiger partial charge in [0, 0.05) is 19.8 Å². The number of carbonyl (C=O) groups excluding carboxylic acids is 1. The Labute approximate surface area is 124 Å². The minimum Gasteiger partial charge on any atom is -0.484 e. The number of amides is 1. The Morgan fingerprint density at radius 2 is 1.95 bits per heavy atom. The molecule has 2 rings (SSSR count). The highest BCUT2D eigenvalue weighted by Gasteiger charge is 2.12. The average molecular weight is 288 g/mol. The van der Waals surface area contributed by atoms with Crippen LogP contribution in [0.2, 0.25) is 0 Å². The predicted octanol–water partition coefficient (Wildman–Crippen LogP) is 2.67. The van der Waals surface area contributed by atoms with E-state index in [9.17, 15) is 4.79 Å². The molecule has 0 fully saturated rings. The number of nitrogens with zero attached hydrogens (tertiary/aromatic N) is 1. The van der Waals surface area contributed by atoms with Gasteiger partial charge in [0.1, 0.15) is 17.3 Å². The summed E-state index contributed by atoms with van der Waals surface area (Å²) in [5, 5.41) is 3.03. The van der Waals surface area contributed by atoms with Gasteiger partial charge in [-0.05, 0) is 43.3 Å². The van der Waals surface area contributed by atoms with Crippen molar-refractivity contribution >= 4 is 11.6 Å². The van der Waals surface area contributed by atoms with Crippen molar-refractivity contribution < 1.29 is 13.9 Å². The van der Waals surface area contributed by atoms with Crippen LogP contribution in [0.15, 0.2) is 40.8 Å². The largest absolute Gasteiger partial charge is 0.484 e. The molecule has 1 N–H and O–H groups in total. The average Bonchev–Trinajstić information content (AvgIpc) is 2.90. The predicted molar refractivity (Wildman–Crippen MR) is 81.4 cm³/mol. The summed E-state index contributed by atoms with van der Waals surface area (Å²) in [5.74, 6) is 2.18. The molecule has 0 radical (unpaired) electrons. The summed E-state index contributed by atoms with van der Waals surface area (Å²) in [5.41, 5.74) is 0.999. The van der Waals surface area contributed by atoms with Crippen molar-refractivity contribution in [1.82, 2.24) is 4.90 Å². The van der Waals surface area contributed by atoms with Gasteiger partial charge in [-0.15, -0.1) is 0 Å². The molecule has 1 aromatic carbocycles. The fourth-order valence-corrected chi connectivity index (χ4v) is 1.87. The van der Waals surface area contributed by atoms with Gasteiger partial charge in [-0.1, -0.05) is 0 Å². The molecular formula is C16H20N2O3. The highest BCUT2D eigenvalue weighted by Crippen LogP contribution is 2.15. The number of rotatable bonds is 6. The lowest BCUT2D eigenvalue weighted by atomic mass is 10.3. The van der Waals surface area contributed by atoms with E-state index in [0.29, 0.717) is 12.3 Å². The SMILES string of the molecule is CNc1ccc(OCC(=O)N(C)Cc2ccc(C)o2)cc1. The maximum Gasteiger partial charge on any atom is 0.260 e. The van der Waals surface area contributed by atoms with Crippen LogP contribution in [0.4, 0.5) is 5.69 Å². The molecule has 2 aromatic rings. The van der Waals surface area contributed by atoms with Crippen LogP contribution in [0.1, 0.15) is 11.5 Å². The summed E-state index contributed by atoms with van der Waals surface area (Å²) in [6, 6.07) is 11.2. The lowest BCUT2D eigenvalue weighted by Gasteiger charge is -2.16. The lowest BCUT2D eigenvalue weighted by Crippen LogP contribution is -2.30. The van der Waals surface area contributed by atoms with Crippen LogP contribution in [0.3, 0.4) is 0 Å². The molecule has 0 saturated carbocycles. The summed E-state index contributed by atoms with van der Waals surface area (Å²) in [6.07, 6.45) is 0. The molecule has 5 heteroatoms. The zero-order chi connectivity index (χ0) is 15.2. The lowest BCUT2D eigenvalue weighted by molar-refractivity contribution is -0.132. The fraction of sp³-hybridized carbons (Fsp3) is 0.312. The minimum absolute atomic E-state index is 0.00902. The Balaban J connectivity index is 1.82. The molecule has 5 nitrogen and oxygen atoms in total. The van der Waals surface area contributed by atoms with Gasteiger partial charge >= 0.3 is 0 Å². The molecule has 0 saturated heterocycles. The summed E-state index contributed by atoms with van der Waals surface area (Å²) in [7, 11) is 3.58. The molecule has 0 bridgehead atoms. The van der Waals surface area contributed by atoms with E-state index in [-0.39, 0.29) is 12.5 Å². The molecule has 0 aliphatic rings. The monoisotopic (exact) mass is 288 g/mol. The zero-order valence-corrected chi connectivity index (χ0v) is 12.6. The van der Waals surface area contributed by atoms with Gasteiger partial charge in [-0.3, -0.25) is 4.79 Å². The molecule has 1 amide bonds. The van der Waals surface area contributed by atoms with Gasteiger partial charge in [0.05, 0.1) is 6.54 Å². The third-order valence-corrected chi connectivity index (χ3v) is 3.12. The summed E-state index contributed by atoms with van der Waals surface area (Å²) in [6.45, 7) is 2.33. The number of hydrogen-bond donors (Lipinski definition) is 1. The quantitative estimate of drug-likeness (QED) is 0.888.